The van der Waals surface area contributed by atoms with Gasteiger partial charge in [0.15, 0.2) is 11.0 Å². The molecular weight excluding hydrogens is 446 g/mol. The standard InChI is InChI=1S/C22H33N5O3S2/c1-6-15(4)27-20(24-25-22(27)31-16(5)21(28)23-18-12-13-18)17-10-9-11-19(14-17)32(29,30)26(7-2)8-3/h9-11,14-16,18H,6-8,12-13H2,1-5H3,(H,23,28)/t15-,16-/m0/s1. The first-order chi connectivity index (χ1) is 15.2. The summed E-state index contributed by atoms with van der Waals surface area (Å²) in [6.07, 6.45) is 2.94. The van der Waals surface area contributed by atoms with E-state index in [1.807, 2.05) is 31.4 Å². The van der Waals surface area contributed by atoms with Crippen LogP contribution in [0, 0.1) is 0 Å². The Bertz CT molecular complexity index is 1050. The lowest BCUT2D eigenvalue weighted by Gasteiger charge is -2.20. The van der Waals surface area contributed by atoms with Gasteiger partial charge in [-0.15, -0.1) is 10.2 Å². The van der Waals surface area contributed by atoms with Crippen LogP contribution in [0.3, 0.4) is 0 Å². The predicted octanol–water partition coefficient (Wildman–Crippen LogP) is 3.71. The zero-order valence-electron chi connectivity index (χ0n) is 19.4. The molecule has 0 aliphatic heterocycles. The molecule has 1 aromatic carbocycles. The number of carbonyl (C=O) groups is 1. The fourth-order valence-corrected chi connectivity index (χ4v) is 5.86. The van der Waals surface area contributed by atoms with Crippen LogP contribution in [0.25, 0.3) is 11.4 Å². The molecule has 2 atom stereocenters. The summed E-state index contributed by atoms with van der Waals surface area (Å²) in [5.74, 6) is 0.610. The molecule has 0 saturated heterocycles. The van der Waals surface area contributed by atoms with Crippen molar-refractivity contribution in [2.45, 2.75) is 81.3 Å². The summed E-state index contributed by atoms with van der Waals surface area (Å²) in [6.45, 7) is 10.5. The van der Waals surface area contributed by atoms with Gasteiger partial charge in [0.1, 0.15) is 0 Å². The smallest absolute Gasteiger partial charge is 0.243 e. The van der Waals surface area contributed by atoms with Crippen LogP contribution >= 0.6 is 11.8 Å². The van der Waals surface area contributed by atoms with Crippen LogP contribution < -0.4 is 5.32 Å². The van der Waals surface area contributed by atoms with Gasteiger partial charge in [-0.1, -0.05) is 44.7 Å². The zero-order chi connectivity index (χ0) is 23.5. The van der Waals surface area contributed by atoms with E-state index < -0.39 is 10.0 Å². The highest BCUT2D eigenvalue weighted by Gasteiger charge is 2.28. The molecule has 1 amide bonds. The maximum atomic E-state index is 13.0. The van der Waals surface area contributed by atoms with Gasteiger partial charge < -0.3 is 5.32 Å². The normalized spacial score (nSPS) is 16.2. The number of aromatic nitrogens is 3. The SMILES string of the molecule is CC[C@H](C)n1c(S[C@@H](C)C(=O)NC2CC2)nnc1-c1cccc(S(=O)(=O)N(CC)CC)c1. The maximum Gasteiger partial charge on any atom is 0.243 e. The van der Waals surface area contributed by atoms with Gasteiger partial charge in [0, 0.05) is 30.7 Å². The van der Waals surface area contributed by atoms with Gasteiger partial charge in [-0.05, 0) is 45.2 Å². The minimum absolute atomic E-state index is 0.00469. The highest BCUT2D eigenvalue weighted by Crippen LogP contribution is 2.32. The summed E-state index contributed by atoms with van der Waals surface area (Å²) >= 11 is 1.38. The topological polar surface area (TPSA) is 97.2 Å². The number of sulfonamides is 1. The van der Waals surface area contributed by atoms with E-state index in [9.17, 15) is 13.2 Å². The number of hydrogen-bond donors (Lipinski definition) is 1. The van der Waals surface area contributed by atoms with Crippen LogP contribution in [0.1, 0.15) is 59.9 Å². The number of nitrogens with one attached hydrogen (secondary N) is 1. The minimum Gasteiger partial charge on any atom is -0.352 e. The summed E-state index contributed by atoms with van der Waals surface area (Å²) in [7, 11) is -3.58. The fraction of sp³-hybridized carbons (Fsp3) is 0.591. The van der Waals surface area contributed by atoms with Crippen LogP contribution in [-0.4, -0.2) is 57.8 Å². The molecule has 1 saturated carbocycles. The number of amides is 1. The average molecular weight is 480 g/mol. The molecular formula is C22H33N5O3S2. The van der Waals surface area contributed by atoms with Crippen molar-refractivity contribution >= 4 is 27.7 Å². The zero-order valence-corrected chi connectivity index (χ0v) is 21.0. The molecule has 32 heavy (non-hydrogen) atoms. The third kappa shape index (κ3) is 5.35. The molecule has 1 fully saturated rings. The highest BCUT2D eigenvalue weighted by molar-refractivity contribution is 8.00. The van der Waals surface area contributed by atoms with Gasteiger partial charge in [0.05, 0.1) is 10.1 Å². The second kappa shape index (κ2) is 10.4. The average Bonchev–Trinajstić information content (AvgIpc) is 3.50. The molecule has 10 heteroatoms. The molecule has 2 aromatic rings. The van der Waals surface area contributed by atoms with E-state index in [0.29, 0.717) is 35.7 Å². The molecule has 1 aliphatic carbocycles. The molecule has 0 radical (unpaired) electrons. The van der Waals surface area contributed by atoms with E-state index in [1.54, 1.807) is 18.2 Å². The molecule has 1 N–H and O–H groups in total. The molecule has 3 rings (SSSR count). The summed E-state index contributed by atoms with van der Waals surface area (Å²) in [6, 6.07) is 7.25. The Labute approximate surface area is 195 Å². The Morgan fingerprint density at radius 1 is 1.22 bits per heavy atom. The van der Waals surface area contributed by atoms with E-state index in [-0.39, 0.29) is 22.1 Å². The van der Waals surface area contributed by atoms with Crippen molar-refractivity contribution in [3.63, 3.8) is 0 Å². The number of nitrogens with zero attached hydrogens (tertiary/aromatic N) is 4. The van der Waals surface area contributed by atoms with Gasteiger partial charge in [-0.3, -0.25) is 9.36 Å². The Kier molecular flexibility index (Phi) is 8.00. The monoisotopic (exact) mass is 479 g/mol. The first kappa shape index (κ1) is 24.7. The number of rotatable bonds is 11. The summed E-state index contributed by atoms with van der Waals surface area (Å²) < 4.78 is 29.5. The van der Waals surface area contributed by atoms with Crippen molar-refractivity contribution in [1.82, 2.24) is 24.4 Å². The van der Waals surface area contributed by atoms with E-state index in [0.717, 1.165) is 19.3 Å². The molecule has 8 nitrogen and oxygen atoms in total. The van der Waals surface area contributed by atoms with E-state index in [1.165, 1.54) is 16.1 Å². The van der Waals surface area contributed by atoms with Gasteiger partial charge in [-0.25, -0.2) is 8.42 Å². The Balaban J connectivity index is 1.95. The third-order valence-corrected chi connectivity index (χ3v) is 8.81. The molecule has 0 bridgehead atoms. The Hall–Kier alpha value is -1.91. The van der Waals surface area contributed by atoms with Crippen LogP contribution in [0.15, 0.2) is 34.3 Å². The fourth-order valence-electron chi connectivity index (χ4n) is 3.40. The number of thioether (sulfide) groups is 1. The van der Waals surface area contributed by atoms with Crippen LogP contribution in [0.4, 0.5) is 0 Å². The predicted molar refractivity (Wildman–Crippen MR) is 127 cm³/mol. The lowest BCUT2D eigenvalue weighted by molar-refractivity contribution is -0.120. The second-order valence-electron chi connectivity index (χ2n) is 8.09. The highest BCUT2D eigenvalue weighted by atomic mass is 32.2. The van der Waals surface area contributed by atoms with Crippen molar-refractivity contribution in [2.24, 2.45) is 0 Å². The molecule has 1 heterocycles. The Morgan fingerprint density at radius 3 is 2.50 bits per heavy atom. The van der Waals surface area contributed by atoms with Crippen molar-refractivity contribution < 1.29 is 13.2 Å². The van der Waals surface area contributed by atoms with Crippen LogP contribution in [-0.2, 0) is 14.8 Å². The summed E-state index contributed by atoms with van der Waals surface area (Å²) in [5, 5.41) is 12.2. The van der Waals surface area contributed by atoms with E-state index in [2.05, 4.69) is 29.4 Å². The molecule has 1 aliphatic rings. The van der Waals surface area contributed by atoms with Gasteiger partial charge in [0.25, 0.3) is 0 Å². The minimum atomic E-state index is -3.58. The van der Waals surface area contributed by atoms with Crippen molar-refractivity contribution in [1.29, 1.82) is 0 Å². The first-order valence-electron chi connectivity index (χ1n) is 11.2. The van der Waals surface area contributed by atoms with Crippen molar-refractivity contribution in [3.05, 3.63) is 24.3 Å². The van der Waals surface area contributed by atoms with Crippen LogP contribution in [0.2, 0.25) is 0 Å². The Morgan fingerprint density at radius 2 is 1.91 bits per heavy atom. The lowest BCUT2D eigenvalue weighted by atomic mass is 10.2. The van der Waals surface area contributed by atoms with Crippen LogP contribution in [0.5, 0.6) is 0 Å². The van der Waals surface area contributed by atoms with Crippen molar-refractivity contribution in [2.75, 3.05) is 13.1 Å². The maximum absolute atomic E-state index is 13.0. The number of carbonyl (C=O) groups excluding carboxylic acids is 1. The van der Waals surface area contributed by atoms with E-state index in [4.69, 9.17) is 0 Å². The van der Waals surface area contributed by atoms with Gasteiger partial charge in [0.2, 0.25) is 15.9 Å². The molecule has 0 spiro atoms. The second-order valence-corrected chi connectivity index (χ2v) is 11.3. The molecule has 1 aromatic heterocycles. The number of hydrogen-bond acceptors (Lipinski definition) is 6. The summed E-state index contributed by atoms with van der Waals surface area (Å²) in [4.78, 5) is 12.7. The molecule has 176 valence electrons. The summed E-state index contributed by atoms with van der Waals surface area (Å²) in [5.41, 5.74) is 0.688. The quantitative estimate of drug-likeness (QED) is 0.494. The van der Waals surface area contributed by atoms with Gasteiger partial charge in [-0.2, -0.15) is 4.31 Å². The molecule has 0 unspecified atom stereocenters. The lowest BCUT2D eigenvalue weighted by Crippen LogP contribution is -2.32. The van der Waals surface area contributed by atoms with E-state index >= 15 is 0 Å². The number of benzene rings is 1. The third-order valence-electron chi connectivity index (χ3n) is 5.71. The first-order valence-corrected chi connectivity index (χ1v) is 13.6. The van der Waals surface area contributed by atoms with Gasteiger partial charge >= 0.3 is 0 Å². The largest absolute Gasteiger partial charge is 0.352 e. The van der Waals surface area contributed by atoms with Crippen molar-refractivity contribution in [3.8, 4) is 11.4 Å².